The van der Waals surface area contributed by atoms with Crippen LogP contribution >= 0.6 is 11.3 Å². The Balaban J connectivity index is 2.50. The zero-order valence-electron chi connectivity index (χ0n) is 8.95. The Morgan fingerprint density at radius 1 is 1.57 bits per heavy atom. The van der Waals surface area contributed by atoms with E-state index in [4.69, 9.17) is 5.11 Å². The second kappa shape index (κ2) is 5.44. The standard InChI is InChI=1S/C10H18N2OS/c1-7(4-5-13)12-9(3)10-8(2)11-6-14-10/h6-7,9,12-13H,4-5H2,1-3H3. The topological polar surface area (TPSA) is 45.2 Å². The molecule has 2 unspecified atom stereocenters. The molecule has 1 aromatic rings. The van der Waals surface area contributed by atoms with E-state index in [-0.39, 0.29) is 6.61 Å². The molecule has 0 fully saturated rings. The van der Waals surface area contributed by atoms with Crippen LogP contribution in [0, 0.1) is 6.92 Å². The molecule has 1 rings (SSSR count). The molecule has 14 heavy (non-hydrogen) atoms. The maximum absolute atomic E-state index is 8.78. The Bertz CT molecular complexity index is 275. The van der Waals surface area contributed by atoms with E-state index in [9.17, 15) is 0 Å². The molecule has 0 radical (unpaired) electrons. The highest BCUT2D eigenvalue weighted by molar-refractivity contribution is 7.09. The molecule has 0 spiro atoms. The maximum atomic E-state index is 8.78. The van der Waals surface area contributed by atoms with Crippen LogP contribution < -0.4 is 5.32 Å². The molecule has 0 bridgehead atoms. The summed E-state index contributed by atoms with van der Waals surface area (Å²) in [5.41, 5.74) is 2.98. The molecule has 0 aromatic carbocycles. The van der Waals surface area contributed by atoms with Crippen molar-refractivity contribution in [1.29, 1.82) is 0 Å². The lowest BCUT2D eigenvalue weighted by Crippen LogP contribution is -2.29. The van der Waals surface area contributed by atoms with Crippen LogP contribution in [0.15, 0.2) is 5.51 Å². The fraction of sp³-hybridized carbons (Fsp3) is 0.700. The van der Waals surface area contributed by atoms with Crippen LogP contribution in [-0.4, -0.2) is 22.7 Å². The first kappa shape index (κ1) is 11.6. The molecule has 0 aliphatic rings. The average Bonchev–Trinajstić information content (AvgIpc) is 2.51. The summed E-state index contributed by atoms with van der Waals surface area (Å²) in [6, 6.07) is 0.667. The highest BCUT2D eigenvalue weighted by Crippen LogP contribution is 2.21. The monoisotopic (exact) mass is 214 g/mol. The Kier molecular flexibility index (Phi) is 4.51. The van der Waals surface area contributed by atoms with Crippen LogP contribution in [0.4, 0.5) is 0 Å². The van der Waals surface area contributed by atoms with Crippen molar-refractivity contribution in [2.24, 2.45) is 0 Å². The summed E-state index contributed by atoms with van der Waals surface area (Å²) < 4.78 is 0. The van der Waals surface area contributed by atoms with E-state index < -0.39 is 0 Å². The summed E-state index contributed by atoms with van der Waals surface area (Å²) in [6.45, 7) is 6.49. The van der Waals surface area contributed by atoms with Gasteiger partial charge < -0.3 is 10.4 Å². The Morgan fingerprint density at radius 2 is 2.29 bits per heavy atom. The number of nitrogens with zero attached hydrogens (tertiary/aromatic N) is 1. The number of aliphatic hydroxyl groups excluding tert-OH is 1. The van der Waals surface area contributed by atoms with Crippen molar-refractivity contribution in [2.45, 2.75) is 39.3 Å². The first-order valence-electron chi connectivity index (χ1n) is 4.92. The Hall–Kier alpha value is -0.450. The molecule has 0 aliphatic carbocycles. The Labute approximate surface area is 89.2 Å². The van der Waals surface area contributed by atoms with Gasteiger partial charge in [-0.1, -0.05) is 0 Å². The number of aromatic nitrogens is 1. The lowest BCUT2D eigenvalue weighted by molar-refractivity contribution is 0.265. The van der Waals surface area contributed by atoms with Crippen LogP contribution in [0.25, 0.3) is 0 Å². The molecule has 1 heterocycles. The first-order chi connectivity index (χ1) is 6.65. The van der Waals surface area contributed by atoms with Crippen molar-refractivity contribution in [3.05, 3.63) is 16.1 Å². The van der Waals surface area contributed by atoms with E-state index in [0.717, 1.165) is 12.1 Å². The van der Waals surface area contributed by atoms with Crippen LogP contribution in [0.1, 0.15) is 36.9 Å². The average molecular weight is 214 g/mol. The van der Waals surface area contributed by atoms with Crippen LogP contribution in [0.2, 0.25) is 0 Å². The maximum Gasteiger partial charge on any atom is 0.0798 e. The molecule has 0 amide bonds. The van der Waals surface area contributed by atoms with Crippen LogP contribution in [0.5, 0.6) is 0 Å². The summed E-state index contributed by atoms with van der Waals surface area (Å²) >= 11 is 1.68. The van der Waals surface area contributed by atoms with E-state index in [1.165, 1.54) is 4.88 Å². The number of hydrogen-bond acceptors (Lipinski definition) is 4. The second-order valence-corrected chi connectivity index (χ2v) is 4.49. The number of thiazole rings is 1. The van der Waals surface area contributed by atoms with Gasteiger partial charge in [0, 0.05) is 23.6 Å². The molecule has 3 nitrogen and oxygen atoms in total. The van der Waals surface area contributed by atoms with Gasteiger partial charge in [0.25, 0.3) is 0 Å². The highest BCUT2D eigenvalue weighted by atomic mass is 32.1. The lowest BCUT2D eigenvalue weighted by atomic mass is 10.2. The molecule has 0 saturated heterocycles. The minimum atomic E-state index is 0.239. The minimum Gasteiger partial charge on any atom is -0.396 e. The summed E-state index contributed by atoms with van der Waals surface area (Å²) in [7, 11) is 0. The lowest BCUT2D eigenvalue weighted by Gasteiger charge is -2.18. The fourth-order valence-electron chi connectivity index (χ4n) is 1.51. The molecular weight excluding hydrogens is 196 g/mol. The molecule has 0 saturated carbocycles. The molecule has 80 valence electrons. The smallest absolute Gasteiger partial charge is 0.0798 e. The third-order valence-electron chi connectivity index (χ3n) is 2.27. The highest BCUT2D eigenvalue weighted by Gasteiger charge is 2.12. The third kappa shape index (κ3) is 3.04. The molecule has 2 atom stereocenters. The fourth-order valence-corrected chi connectivity index (χ4v) is 2.33. The van der Waals surface area contributed by atoms with Crippen molar-refractivity contribution < 1.29 is 5.11 Å². The van der Waals surface area contributed by atoms with Gasteiger partial charge in [-0.3, -0.25) is 0 Å². The Morgan fingerprint density at radius 3 is 2.79 bits per heavy atom. The van der Waals surface area contributed by atoms with Crippen LogP contribution in [-0.2, 0) is 0 Å². The number of aliphatic hydroxyl groups is 1. The van der Waals surface area contributed by atoms with Crippen molar-refractivity contribution in [2.75, 3.05) is 6.61 Å². The van der Waals surface area contributed by atoms with E-state index in [1.54, 1.807) is 11.3 Å². The van der Waals surface area contributed by atoms with Gasteiger partial charge in [-0.25, -0.2) is 4.98 Å². The first-order valence-corrected chi connectivity index (χ1v) is 5.80. The van der Waals surface area contributed by atoms with Gasteiger partial charge in [-0.2, -0.15) is 0 Å². The van der Waals surface area contributed by atoms with Crippen molar-refractivity contribution >= 4 is 11.3 Å². The molecule has 4 heteroatoms. The van der Waals surface area contributed by atoms with Gasteiger partial charge in [0.05, 0.1) is 11.2 Å². The third-order valence-corrected chi connectivity index (χ3v) is 3.39. The number of hydrogen-bond donors (Lipinski definition) is 2. The molecule has 0 aliphatic heterocycles. The predicted octanol–water partition coefficient (Wildman–Crippen LogP) is 1.87. The summed E-state index contributed by atoms with van der Waals surface area (Å²) in [5.74, 6) is 0. The summed E-state index contributed by atoms with van der Waals surface area (Å²) in [4.78, 5) is 5.51. The number of nitrogens with one attached hydrogen (secondary N) is 1. The van der Waals surface area contributed by atoms with Gasteiger partial charge in [0.1, 0.15) is 0 Å². The normalized spacial score (nSPS) is 15.4. The van der Waals surface area contributed by atoms with Gasteiger partial charge in [0.15, 0.2) is 0 Å². The summed E-state index contributed by atoms with van der Waals surface area (Å²) in [6.07, 6.45) is 0.794. The van der Waals surface area contributed by atoms with Crippen molar-refractivity contribution in [1.82, 2.24) is 10.3 Å². The van der Waals surface area contributed by atoms with Gasteiger partial charge in [0.2, 0.25) is 0 Å². The van der Waals surface area contributed by atoms with Crippen molar-refractivity contribution in [3.63, 3.8) is 0 Å². The number of rotatable bonds is 5. The van der Waals surface area contributed by atoms with Crippen LogP contribution in [0.3, 0.4) is 0 Å². The molecule has 2 N–H and O–H groups in total. The van der Waals surface area contributed by atoms with Gasteiger partial charge in [-0.15, -0.1) is 11.3 Å². The number of aryl methyl sites for hydroxylation is 1. The molecular formula is C10H18N2OS. The van der Waals surface area contributed by atoms with E-state index >= 15 is 0 Å². The van der Waals surface area contributed by atoms with E-state index in [1.807, 2.05) is 12.4 Å². The second-order valence-electron chi connectivity index (χ2n) is 3.60. The quantitative estimate of drug-likeness (QED) is 0.786. The largest absolute Gasteiger partial charge is 0.396 e. The van der Waals surface area contributed by atoms with Gasteiger partial charge >= 0.3 is 0 Å². The molecule has 1 aromatic heterocycles. The van der Waals surface area contributed by atoms with Gasteiger partial charge in [-0.05, 0) is 27.2 Å². The van der Waals surface area contributed by atoms with E-state index in [2.05, 4.69) is 24.1 Å². The SMILES string of the molecule is Cc1ncsc1C(C)NC(C)CCO. The predicted molar refractivity (Wildman–Crippen MR) is 59.6 cm³/mol. The van der Waals surface area contributed by atoms with E-state index in [0.29, 0.717) is 12.1 Å². The zero-order valence-corrected chi connectivity index (χ0v) is 9.77. The minimum absolute atomic E-state index is 0.239. The summed E-state index contributed by atoms with van der Waals surface area (Å²) in [5, 5.41) is 12.2. The zero-order chi connectivity index (χ0) is 10.6. The van der Waals surface area contributed by atoms with Crippen molar-refractivity contribution in [3.8, 4) is 0 Å².